The Labute approximate surface area is 126 Å². The van der Waals surface area contributed by atoms with Crippen LogP contribution in [0.4, 0.5) is 4.39 Å². The zero-order valence-corrected chi connectivity index (χ0v) is 12.3. The fourth-order valence-corrected chi connectivity index (χ4v) is 2.57. The maximum Gasteiger partial charge on any atom is 0.141 e. The van der Waals surface area contributed by atoms with Gasteiger partial charge in [0.2, 0.25) is 0 Å². The van der Waals surface area contributed by atoms with E-state index in [0.717, 1.165) is 23.6 Å². The molecule has 4 heteroatoms. The third-order valence-electron chi connectivity index (χ3n) is 3.52. The Kier molecular flexibility index (Phi) is 3.18. The van der Waals surface area contributed by atoms with E-state index in [0.29, 0.717) is 0 Å². The van der Waals surface area contributed by atoms with Crippen molar-refractivity contribution in [1.82, 2.24) is 9.55 Å². The van der Waals surface area contributed by atoms with E-state index < -0.39 is 0 Å². The van der Waals surface area contributed by atoms with E-state index >= 15 is 0 Å². The fourth-order valence-electron chi connectivity index (χ4n) is 2.57. The molecule has 0 aliphatic carbocycles. The SMILES string of the molecule is Br.Fc1ccc(-c2cn3c(n2)-c2ccccc2C3)cc1. The average Bonchev–Trinajstić information content (AvgIpc) is 2.97. The van der Waals surface area contributed by atoms with Crippen LogP contribution in [0.3, 0.4) is 0 Å². The van der Waals surface area contributed by atoms with E-state index in [1.807, 2.05) is 18.3 Å². The van der Waals surface area contributed by atoms with Crippen molar-refractivity contribution in [3.05, 3.63) is 66.1 Å². The molecule has 0 radical (unpaired) electrons. The minimum atomic E-state index is -0.221. The summed E-state index contributed by atoms with van der Waals surface area (Å²) in [5, 5.41) is 0. The van der Waals surface area contributed by atoms with Crippen molar-refractivity contribution < 1.29 is 4.39 Å². The monoisotopic (exact) mass is 330 g/mol. The molecule has 2 heterocycles. The number of imidazole rings is 1. The second kappa shape index (κ2) is 4.87. The molecule has 1 aromatic heterocycles. The molecular formula is C16H12BrFN2. The molecule has 2 nitrogen and oxygen atoms in total. The first-order chi connectivity index (χ1) is 9.31. The lowest BCUT2D eigenvalue weighted by molar-refractivity contribution is 0.628. The molecule has 0 atom stereocenters. The molecule has 1 aliphatic heterocycles. The lowest BCUT2D eigenvalue weighted by Crippen LogP contribution is -1.89. The van der Waals surface area contributed by atoms with E-state index in [2.05, 4.69) is 21.7 Å². The first kappa shape index (κ1) is 13.1. The highest BCUT2D eigenvalue weighted by Gasteiger charge is 2.20. The lowest BCUT2D eigenvalue weighted by atomic mass is 10.1. The van der Waals surface area contributed by atoms with Gasteiger partial charge in [-0.15, -0.1) is 17.0 Å². The maximum atomic E-state index is 12.9. The molecule has 2 aromatic carbocycles. The van der Waals surface area contributed by atoms with Gasteiger partial charge in [-0.2, -0.15) is 0 Å². The molecular weight excluding hydrogens is 319 g/mol. The molecule has 0 N–H and O–H groups in total. The molecule has 3 aromatic rings. The summed E-state index contributed by atoms with van der Waals surface area (Å²) in [7, 11) is 0. The first-order valence-electron chi connectivity index (χ1n) is 6.23. The quantitative estimate of drug-likeness (QED) is 0.509. The van der Waals surface area contributed by atoms with Crippen molar-refractivity contribution in [3.8, 4) is 22.6 Å². The molecule has 0 spiro atoms. The molecule has 20 heavy (non-hydrogen) atoms. The number of aromatic nitrogens is 2. The topological polar surface area (TPSA) is 17.8 Å². The van der Waals surface area contributed by atoms with Gasteiger partial charge >= 0.3 is 0 Å². The number of hydrogen-bond donors (Lipinski definition) is 0. The highest BCUT2D eigenvalue weighted by Crippen LogP contribution is 2.33. The van der Waals surface area contributed by atoms with Gasteiger partial charge in [-0.05, 0) is 29.8 Å². The number of halogens is 2. The Morgan fingerprint density at radius 2 is 1.75 bits per heavy atom. The first-order valence-corrected chi connectivity index (χ1v) is 6.23. The van der Waals surface area contributed by atoms with Crippen LogP contribution in [-0.2, 0) is 6.54 Å². The zero-order valence-electron chi connectivity index (χ0n) is 10.6. The van der Waals surface area contributed by atoms with Crippen LogP contribution in [0.25, 0.3) is 22.6 Å². The summed E-state index contributed by atoms with van der Waals surface area (Å²) in [6.45, 7) is 0.861. The molecule has 0 saturated heterocycles. The third-order valence-corrected chi connectivity index (χ3v) is 3.52. The molecule has 0 unspecified atom stereocenters. The summed E-state index contributed by atoms with van der Waals surface area (Å²) in [6.07, 6.45) is 2.03. The van der Waals surface area contributed by atoms with Gasteiger partial charge in [0.25, 0.3) is 0 Å². The molecule has 0 fully saturated rings. The van der Waals surface area contributed by atoms with Crippen molar-refractivity contribution in [2.24, 2.45) is 0 Å². The van der Waals surface area contributed by atoms with Crippen molar-refractivity contribution in [2.45, 2.75) is 6.54 Å². The summed E-state index contributed by atoms with van der Waals surface area (Å²) < 4.78 is 15.1. The Hall–Kier alpha value is -1.94. The van der Waals surface area contributed by atoms with E-state index in [4.69, 9.17) is 0 Å². The highest BCUT2D eigenvalue weighted by molar-refractivity contribution is 8.93. The lowest BCUT2D eigenvalue weighted by Gasteiger charge is -1.98. The predicted molar refractivity (Wildman–Crippen MR) is 82.5 cm³/mol. The van der Waals surface area contributed by atoms with Gasteiger partial charge in [-0.25, -0.2) is 9.37 Å². The van der Waals surface area contributed by atoms with Gasteiger partial charge in [-0.3, -0.25) is 0 Å². The number of hydrogen-bond acceptors (Lipinski definition) is 1. The van der Waals surface area contributed by atoms with Gasteiger partial charge < -0.3 is 4.57 Å². The second-order valence-corrected chi connectivity index (χ2v) is 4.74. The van der Waals surface area contributed by atoms with Gasteiger partial charge in [0.1, 0.15) is 11.6 Å². The van der Waals surface area contributed by atoms with Crippen molar-refractivity contribution in [2.75, 3.05) is 0 Å². The van der Waals surface area contributed by atoms with Crippen LogP contribution in [0.15, 0.2) is 54.7 Å². The van der Waals surface area contributed by atoms with Crippen LogP contribution in [0.5, 0.6) is 0 Å². The standard InChI is InChI=1S/C16H11FN2.BrH/c17-13-7-5-11(6-8-13)15-10-19-9-12-3-1-2-4-14(12)16(19)18-15;/h1-8,10H,9H2;1H. The Balaban J connectivity index is 0.00000121. The van der Waals surface area contributed by atoms with Crippen molar-refractivity contribution in [3.63, 3.8) is 0 Å². The highest BCUT2D eigenvalue weighted by atomic mass is 79.9. The summed E-state index contributed by atoms with van der Waals surface area (Å²) in [6, 6.07) is 14.8. The molecule has 0 saturated carbocycles. The van der Waals surface area contributed by atoms with Gasteiger partial charge in [0.05, 0.1) is 5.69 Å². The van der Waals surface area contributed by atoms with Crippen LogP contribution >= 0.6 is 17.0 Å². The summed E-state index contributed by atoms with van der Waals surface area (Å²) in [4.78, 5) is 4.67. The Bertz CT molecular complexity index is 762. The Morgan fingerprint density at radius 3 is 2.55 bits per heavy atom. The van der Waals surface area contributed by atoms with Crippen LogP contribution in [0, 0.1) is 5.82 Å². The Morgan fingerprint density at radius 1 is 1.00 bits per heavy atom. The van der Waals surface area contributed by atoms with Gasteiger partial charge in [-0.1, -0.05) is 24.3 Å². The third kappa shape index (κ3) is 1.96. The zero-order chi connectivity index (χ0) is 12.8. The normalized spacial score (nSPS) is 11.7. The minimum absolute atomic E-state index is 0. The minimum Gasteiger partial charge on any atom is -0.326 e. The second-order valence-electron chi connectivity index (χ2n) is 4.74. The van der Waals surface area contributed by atoms with Crippen LogP contribution in [0.2, 0.25) is 0 Å². The van der Waals surface area contributed by atoms with E-state index in [1.165, 1.54) is 23.3 Å². The molecule has 0 amide bonds. The molecule has 1 aliphatic rings. The van der Waals surface area contributed by atoms with Gasteiger partial charge in [0, 0.05) is 23.9 Å². The van der Waals surface area contributed by atoms with Crippen LogP contribution < -0.4 is 0 Å². The summed E-state index contributed by atoms with van der Waals surface area (Å²) >= 11 is 0. The van der Waals surface area contributed by atoms with E-state index in [1.54, 1.807) is 12.1 Å². The van der Waals surface area contributed by atoms with Crippen molar-refractivity contribution in [1.29, 1.82) is 0 Å². The van der Waals surface area contributed by atoms with E-state index in [9.17, 15) is 4.39 Å². The fraction of sp³-hybridized carbons (Fsp3) is 0.0625. The summed E-state index contributed by atoms with van der Waals surface area (Å²) in [5.74, 6) is 0.774. The maximum absolute atomic E-state index is 12.9. The smallest absolute Gasteiger partial charge is 0.141 e. The van der Waals surface area contributed by atoms with Crippen molar-refractivity contribution >= 4 is 17.0 Å². The molecule has 4 rings (SSSR count). The summed E-state index contributed by atoms with van der Waals surface area (Å²) in [5.41, 5.74) is 4.33. The largest absolute Gasteiger partial charge is 0.326 e. The number of fused-ring (bicyclic) bond motifs is 3. The van der Waals surface area contributed by atoms with Gasteiger partial charge in [0.15, 0.2) is 0 Å². The number of nitrogens with zero attached hydrogens (tertiary/aromatic N) is 2. The predicted octanol–water partition coefficient (Wildman–Crippen LogP) is 4.30. The molecule has 100 valence electrons. The van der Waals surface area contributed by atoms with E-state index in [-0.39, 0.29) is 22.8 Å². The van der Waals surface area contributed by atoms with Crippen LogP contribution in [0.1, 0.15) is 5.56 Å². The van der Waals surface area contributed by atoms with Crippen LogP contribution in [-0.4, -0.2) is 9.55 Å². The average molecular weight is 331 g/mol. The number of benzene rings is 2. The number of rotatable bonds is 1. The molecule has 0 bridgehead atoms.